The van der Waals surface area contributed by atoms with Crippen LogP contribution in [0.25, 0.3) is 0 Å². The van der Waals surface area contributed by atoms with Crippen molar-refractivity contribution in [3.05, 3.63) is 17.8 Å². The van der Waals surface area contributed by atoms with E-state index in [0.717, 1.165) is 13.1 Å². The van der Waals surface area contributed by atoms with Gasteiger partial charge in [-0.1, -0.05) is 6.42 Å². The number of hydrogen-bond donors (Lipinski definition) is 0. The van der Waals surface area contributed by atoms with Crippen molar-refractivity contribution in [3.8, 4) is 0 Å². The van der Waals surface area contributed by atoms with Gasteiger partial charge in [-0.05, 0) is 25.9 Å². The molecule has 0 radical (unpaired) electrons. The van der Waals surface area contributed by atoms with E-state index in [0.29, 0.717) is 12.4 Å². The van der Waals surface area contributed by atoms with E-state index in [1.54, 1.807) is 0 Å². The summed E-state index contributed by atoms with van der Waals surface area (Å²) in [6, 6.07) is 0. The van der Waals surface area contributed by atoms with Crippen molar-refractivity contribution in [3.63, 3.8) is 0 Å². The summed E-state index contributed by atoms with van der Waals surface area (Å²) in [5, 5.41) is 0. The molecule has 0 bridgehead atoms. The number of esters is 1. The summed E-state index contributed by atoms with van der Waals surface area (Å²) in [5.41, 5.74) is 0.245. The Balaban J connectivity index is 1.94. The minimum Gasteiger partial charge on any atom is -0.464 e. The normalized spacial score (nSPS) is 17.3. The van der Waals surface area contributed by atoms with Crippen LogP contribution in [-0.4, -0.2) is 36.1 Å². The first-order valence-electron chi connectivity index (χ1n) is 5.54. The number of ether oxygens (including phenoxy) is 1. The molecule has 0 saturated carbocycles. The van der Waals surface area contributed by atoms with Crippen molar-refractivity contribution in [1.29, 1.82) is 0 Å². The van der Waals surface area contributed by atoms with E-state index in [9.17, 15) is 4.79 Å². The summed E-state index contributed by atoms with van der Waals surface area (Å²) in [7, 11) is 1.33. The van der Waals surface area contributed by atoms with Gasteiger partial charge in [0, 0.05) is 0 Å². The maximum absolute atomic E-state index is 11.2. The standard InChI is InChI=1S/C11H16N2O3/c1-15-11(14)9-8-16-10(12-9)7-13-5-3-2-4-6-13/h8H,2-7H2,1H3. The summed E-state index contributed by atoms with van der Waals surface area (Å²) in [5.74, 6) is 0.135. The van der Waals surface area contributed by atoms with Crippen molar-refractivity contribution in [2.24, 2.45) is 0 Å². The molecule has 0 spiro atoms. The predicted molar refractivity (Wildman–Crippen MR) is 57.0 cm³/mol. The number of nitrogens with zero attached hydrogens (tertiary/aromatic N) is 2. The molecule has 5 heteroatoms. The maximum atomic E-state index is 11.2. The summed E-state index contributed by atoms with van der Waals surface area (Å²) >= 11 is 0. The predicted octanol–water partition coefficient (Wildman–Crippen LogP) is 1.45. The van der Waals surface area contributed by atoms with E-state index >= 15 is 0 Å². The van der Waals surface area contributed by atoms with Gasteiger partial charge in [0.1, 0.15) is 6.26 Å². The number of hydrogen-bond acceptors (Lipinski definition) is 5. The topological polar surface area (TPSA) is 55.6 Å². The van der Waals surface area contributed by atoms with Crippen molar-refractivity contribution in [1.82, 2.24) is 9.88 Å². The van der Waals surface area contributed by atoms with E-state index < -0.39 is 5.97 Å². The number of aromatic nitrogens is 1. The van der Waals surface area contributed by atoms with Crippen molar-refractivity contribution >= 4 is 5.97 Å². The molecule has 1 saturated heterocycles. The summed E-state index contributed by atoms with van der Waals surface area (Å²) < 4.78 is 9.80. The van der Waals surface area contributed by atoms with Crippen LogP contribution in [0.1, 0.15) is 35.6 Å². The Hall–Kier alpha value is -1.36. The average molecular weight is 224 g/mol. The van der Waals surface area contributed by atoms with Crippen LogP contribution in [0.3, 0.4) is 0 Å². The quantitative estimate of drug-likeness (QED) is 0.727. The first-order valence-corrected chi connectivity index (χ1v) is 5.54. The molecule has 0 N–H and O–H groups in total. The third-order valence-electron chi connectivity index (χ3n) is 2.75. The van der Waals surface area contributed by atoms with Crippen LogP contribution < -0.4 is 0 Å². The highest BCUT2D eigenvalue weighted by atomic mass is 16.5. The largest absolute Gasteiger partial charge is 0.464 e. The molecule has 16 heavy (non-hydrogen) atoms. The van der Waals surface area contributed by atoms with E-state index in [2.05, 4.69) is 14.6 Å². The second kappa shape index (κ2) is 5.12. The van der Waals surface area contributed by atoms with Gasteiger partial charge in [0.15, 0.2) is 5.69 Å². The fraction of sp³-hybridized carbons (Fsp3) is 0.636. The van der Waals surface area contributed by atoms with Crippen LogP contribution >= 0.6 is 0 Å². The Labute approximate surface area is 94.4 Å². The number of methoxy groups -OCH3 is 1. The van der Waals surface area contributed by atoms with E-state index in [4.69, 9.17) is 4.42 Å². The monoisotopic (exact) mass is 224 g/mol. The molecule has 0 amide bonds. The lowest BCUT2D eigenvalue weighted by Crippen LogP contribution is -2.29. The lowest BCUT2D eigenvalue weighted by molar-refractivity contribution is 0.0594. The SMILES string of the molecule is COC(=O)c1coc(CN2CCCCC2)n1. The van der Waals surface area contributed by atoms with Gasteiger partial charge >= 0.3 is 5.97 Å². The number of carbonyl (C=O) groups excluding carboxylic acids is 1. The van der Waals surface area contributed by atoms with E-state index in [1.807, 2.05) is 0 Å². The van der Waals surface area contributed by atoms with Crippen LogP contribution in [0.5, 0.6) is 0 Å². The average Bonchev–Trinajstić information content (AvgIpc) is 2.78. The van der Waals surface area contributed by atoms with E-state index in [-0.39, 0.29) is 5.69 Å². The van der Waals surface area contributed by atoms with Crippen LogP contribution in [0, 0.1) is 0 Å². The molecule has 0 atom stereocenters. The van der Waals surface area contributed by atoms with Gasteiger partial charge in [0.05, 0.1) is 13.7 Å². The van der Waals surface area contributed by atoms with Gasteiger partial charge in [-0.3, -0.25) is 4.90 Å². The molecule has 0 aliphatic carbocycles. The molecule has 5 nitrogen and oxygen atoms in total. The first kappa shape index (κ1) is 11.1. The van der Waals surface area contributed by atoms with E-state index in [1.165, 1.54) is 32.6 Å². The highest BCUT2D eigenvalue weighted by molar-refractivity contribution is 5.86. The molecule has 1 aliphatic rings. The summed E-state index contributed by atoms with van der Waals surface area (Å²) in [6.07, 6.45) is 5.11. The van der Waals surface area contributed by atoms with Gasteiger partial charge < -0.3 is 9.15 Å². The van der Waals surface area contributed by atoms with Crippen LogP contribution in [0.2, 0.25) is 0 Å². The van der Waals surface area contributed by atoms with Crippen molar-refractivity contribution in [2.75, 3.05) is 20.2 Å². The molecule has 1 aliphatic heterocycles. The summed E-state index contributed by atoms with van der Waals surface area (Å²) in [6.45, 7) is 2.84. The highest BCUT2D eigenvalue weighted by Crippen LogP contribution is 2.13. The zero-order chi connectivity index (χ0) is 11.4. The molecular weight excluding hydrogens is 208 g/mol. The fourth-order valence-electron chi connectivity index (χ4n) is 1.89. The molecule has 1 fully saturated rings. The second-order valence-corrected chi connectivity index (χ2v) is 3.95. The van der Waals surface area contributed by atoms with Gasteiger partial charge in [0.2, 0.25) is 5.89 Å². The Morgan fingerprint density at radius 1 is 1.50 bits per heavy atom. The fourth-order valence-corrected chi connectivity index (χ4v) is 1.89. The van der Waals surface area contributed by atoms with Crippen molar-refractivity contribution in [2.45, 2.75) is 25.8 Å². The summed E-state index contributed by atoms with van der Waals surface area (Å²) in [4.78, 5) is 17.5. The minimum absolute atomic E-state index is 0.245. The molecule has 0 aromatic carbocycles. The van der Waals surface area contributed by atoms with Gasteiger partial charge in [-0.15, -0.1) is 0 Å². The third-order valence-corrected chi connectivity index (χ3v) is 2.75. The van der Waals surface area contributed by atoms with Crippen LogP contribution in [-0.2, 0) is 11.3 Å². The molecule has 2 rings (SSSR count). The Kier molecular flexibility index (Phi) is 3.56. The lowest BCUT2D eigenvalue weighted by atomic mass is 10.1. The lowest BCUT2D eigenvalue weighted by Gasteiger charge is -2.24. The first-order chi connectivity index (χ1) is 7.79. The van der Waals surface area contributed by atoms with Crippen LogP contribution in [0.15, 0.2) is 10.7 Å². The second-order valence-electron chi connectivity index (χ2n) is 3.95. The Morgan fingerprint density at radius 2 is 2.25 bits per heavy atom. The molecular formula is C11H16N2O3. The number of carbonyl (C=O) groups is 1. The van der Waals surface area contributed by atoms with Gasteiger partial charge in [-0.2, -0.15) is 0 Å². The molecule has 1 aromatic rings. The third kappa shape index (κ3) is 2.61. The zero-order valence-corrected chi connectivity index (χ0v) is 9.44. The van der Waals surface area contributed by atoms with Crippen LogP contribution in [0.4, 0.5) is 0 Å². The minimum atomic E-state index is -0.450. The number of piperidine rings is 1. The molecule has 1 aromatic heterocycles. The zero-order valence-electron chi connectivity index (χ0n) is 9.44. The molecule has 2 heterocycles. The van der Waals surface area contributed by atoms with Gasteiger partial charge in [0.25, 0.3) is 0 Å². The van der Waals surface area contributed by atoms with Gasteiger partial charge in [-0.25, -0.2) is 9.78 Å². The maximum Gasteiger partial charge on any atom is 0.360 e. The Bertz CT molecular complexity index is 356. The Morgan fingerprint density at radius 3 is 2.94 bits per heavy atom. The molecule has 88 valence electrons. The smallest absolute Gasteiger partial charge is 0.360 e. The number of oxazole rings is 1. The van der Waals surface area contributed by atoms with Crippen molar-refractivity contribution < 1.29 is 13.9 Å². The number of likely N-dealkylation sites (tertiary alicyclic amines) is 1. The number of rotatable bonds is 3. The molecule has 0 unspecified atom stereocenters. The highest BCUT2D eigenvalue weighted by Gasteiger charge is 2.16.